The van der Waals surface area contributed by atoms with E-state index in [2.05, 4.69) is 23.4 Å². The Hall–Kier alpha value is -3.08. The van der Waals surface area contributed by atoms with Crippen molar-refractivity contribution in [1.29, 1.82) is 0 Å². The molecule has 144 valence electrons. The molecule has 0 aliphatic carbocycles. The molecule has 0 unspecified atom stereocenters. The van der Waals surface area contributed by atoms with Crippen LogP contribution in [-0.4, -0.2) is 22.5 Å². The number of rotatable bonds is 5. The summed E-state index contributed by atoms with van der Waals surface area (Å²) in [6.45, 7) is 5.70. The average Bonchev–Trinajstić information content (AvgIpc) is 3.04. The molecule has 0 bridgehead atoms. The summed E-state index contributed by atoms with van der Waals surface area (Å²) in [6.07, 6.45) is 1.34. The van der Waals surface area contributed by atoms with Crippen molar-refractivity contribution in [3.8, 4) is 5.75 Å². The molecule has 0 saturated carbocycles. The number of ether oxygens (including phenoxy) is 1. The molecule has 5 heteroatoms. The smallest absolute Gasteiger partial charge is 0.227 e. The molecule has 1 aliphatic heterocycles. The number of aromatic nitrogens is 1. The zero-order valence-electron chi connectivity index (χ0n) is 16.3. The van der Waals surface area contributed by atoms with Gasteiger partial charge in [-0.1, -0.05) is 41.6 Å². The first-order chi connectivity index (χ1) is 13.6. The molecule has 2 heterocycles. The van der Waals surface area contributed by atoms with Gasteiger partial charge in [0.15, 0.2) is 0 Å². The zero-order valence-corrected chi connectivity index (χ0v) is 16.3. The lowest BCUT2D eigenvalue weighted by Crippen LogP contribution is -2.36. The fourth-order valence-electron chi connectivity index (χ4n) is 3.56. The lowest BCUT2D eigenvalue weighted by molar-refractivity contribution is -0.131. The van der Waals surface area contributed by atoms with Crippen LogP contribution >= 0.6 is 0 Å². The van der Waals surface area contributed by atoms with Crippen LogP contribution in [0.1, 0.15) is 33.7 Å². The molecular weight excluding hydrogens is 352 g/mol. The molecule has 0 radical (unpaired) electrons. The summed E-state index contributed by atoms with van der Waals surface area (Å²) in [5.74, 6) is 1.71. The van der Waals surface area contributed by atoms with Crippen LogP contribution < -0.4 is 4.74 Å². The number of hydrogen-bond donors (Lipinski definition) is 0. The van der Waals surface area contributed by atoms with Gasteiger partial charge in [0.05, 0.1) is 17.7 Å². The van der Waals surface area contributed by atoms with E-state index in [0.29, 0.717) is 19.6 Å². The number of nitrogens with zero attached hydrogens (tertiary/aromatic N) is 2. The largest absolute Gasteiger partial charge is 0.489 e. The molecule has 2 aromatic carbocycles. The van der Waals surface area contributed by atoms with Crippen LogP contribution in [0.25, 0.3) is 0 Å². The summed E-state index contributed by atoms with van der Waals surface area (Å²) < 4.78 is 11.0. The number of aryl methyl sites for hydroxylation is 2. The van der Waals surface area contributed by atoms with E-state index < -0.39 is 0 Å². The molecule has 0 fully saturated rings. The minimum atomic E-state index is 0.166. The van der Waals surface area contributed by atoms with Gasteiger partial charge in [-0.3, -0.25) is 4.79 Å². The Morgan fingerprint density at radius 2 is 1.86 bits per heavy atom. The molecule has 1 amide bonds. The number of fused-ring (bicyclic) bond motifs is 1. The van der Waals surface area contributed by atoms with Gasteiger partial charge in [0, 0.05) is 13.1 Å². The number of amides is 1. The minimum absolute atomic E-state index is 0.166. The van der Waals surface area contributed by atoms with Crippen molar-refractivity contribution in [2.24, 2.45) is 0 Å². The van der Waals surface area contributed by atoms with E-state index in [0.717, 1.165) is 41.3 Å². The molecule has 0 atom stereocenters. The minimum Gasteiger partial charge on any atom is -0.489 e. The second kappa shape index (κ2) is 7.89. The van der Waals surface area contributed by atoms with E-state index in [4.69, 9.17) is 9.26 Å². The molecular formula is C23H24N2O3. The van der Waals surface area contributed by atoms with Gasteiger partial charge in [0.1, 0.15) is 18.1 Å². The molecule has 0 N–H and O–H groups in total. The third kappa shape index (κ3) is 3.93. The van der Waals surface area contributed by atoms with Gasteiger partial charge in [0.25, 0.3) is 0 Å². The summed E-state index contributed by atoms with van der Waals surface area (Å²) in [4.78, 5) is 14.6. The standard InChI is InChI=1S/C23H24N2O3/c1-16-22(17(2)28-24-16)15-27-21-9-7-18(8-10-21)13-23(26)25-12-11-19-5-3-4-6-20(19)14-25/h3-10H,11-15H2,1-2H3. The Labute approximate surface area is 164 Å². The van der Waals surface area contributed by atoms with E-state index >= 15 is 0 Å². The van der Waals surface area contributed by atoms with E-state index in [1.807, 2.05) is 49.1 Å². The Kier molecular flexibility index (Phi) is 5.15. The maximum absolute atomic E-state index is 12.7. The van der Waals surface area contributed by atoms with Gasteiger partial charge in [-0.15, -0.1) is 0 Å². The van der Waals surface area contributed by atoms with Crippen LogP contribution in [0.2, 0.25) is 0 Å². The van der Waals surface area contributed by atoms with Crippen LogP contribution in [-0.2, 0) is 30.8 Å². The number of carbonyl (C=O) groups excluding carboxylic acids is 1. The Bertz CT molecular complexity index is 956. The highest BCUT2D eigenvalue weighted by Gasteiger charge is 2.20. The topological polar surface area (TPSA) is 55.6 Å². The second-order valence-electron chi connectivity index (χ2n) is 7.25. The van der Waals surface area contributed by atoms with Crippen molar-refractivity contribution in [2.45, 2.75) is 39.8 Å². The Morgan fingerprint density at radius 3 is 2.57 bits per heavy atom. The van der Waals surface area contributed by atoms with Gasteiger partial charge in [-0.25, -0.2) is 0 Å². The average molecular weight is 376 g/mol. The molecule has 3 aromatic rings. The molecule has 5 nitrogen and oxygen atoms in total. The summed E-state index contributed by atoms with van der Waals surface area (Å²) >= 11 is 0. The first-order valence-electron chi connectivity index (χ1n) is 9.58. The van der Waals surface area contributed by atoms with E-state index in [9.17, 15) is 4.79 Å². The van der Waals surface area contributed by atoms with Crippen molar-refractivity contribution in [3.05, 3.63) is 82.2 Å². The highest BCUT2D eigenvalue weighted by Crippen LogP contribution is 2.21. The molecule has 0 spiro atoms. The third-order valence-corrected chi connectivity index (χ3v) is 5.33. The number of carbonyl (C=O) groups is 1. The lowest BCUT2D eigenvalue weighted by Gasteiger charge is -2.29. The highest BCUT2D eigenvalue weighted by atomic mass is 16.5. The molecule has 0 saturated heterocycles. The van der Waals surface area contributed by atoms with Crippen LogP contribution in [0.15, 0.2) is 53.1 Å². The van der Waals surface area contributed by atoms with Gasteiger partial charge in [0.2, 0.25) is 5.91 Å². The first-order valence-corrected chi connectivity index (χ1v) is 9.58. The zero-order chi connectivity index (χ0) is 19.5. The van der Waals surface area contributed by atoms with Gasteiger partial charge in [-0.05, 0) is 49.1 Å². The Morgan fingerprint density at radius 1 is 1.11 bits per heavy atom. The SMILES string of the molecule is Cc1noc(C)c1COc1ccc(CC(=O)N2CCc3ccccc3C2)cc1. The molecule has 1 aliphatic rings. The van der Waals surface area contributed by atoms with Crippen LogP contribution in [0, 0.1) is 13.8 Å². The van der Waals surface area contributed by atoms with Gasteiger partial charge < -0.3 is 14.2 Å². The highest BCUT2D eigenvalue weighted by molar-refractivity contribution is 5.79. The normalized spacial score (nSPS) is 13.3. The predicted molar refractivity (Wildman–Crippen MR) is 106 cm³/mol. The quantitative estimate of drug-likeness (QED) is 0.675. The third-order valence-electron chi connectivity index (χ3n) is 5.33. The predicted octanol–water partition coefficient (Wildman–Crippen LogP) is 4.00. The maximum atomic E-state index is 12.7. The van der Waals surface area contributed by atoms with Crippen LogP contribution in [0.4, 0.5) is 0 Å². The van der Waals surface area contributed by atoms with Crippen LogP contribution in [0.3, 0.4) is 0 Å². The molecule has 1 aromatic heterocycles. The molecule has 4 rings (SSSR count). The maximum Gasteiger partial charge on any atom is 0.227 e. The summed E-state index contributed by atoms with van der Waals surface area (Å²) in [5.41, 5.74) is 5.43. The summed E-state index contributed by atoms with van der Waals surface area (Å²) in [7, 11) is 0. The van der Waals surface area contributed by atoms with Crippen molar-refractivity contribution < 1.29 is 14.1 Å². The van der Waals surface area contributed by atoms with Gasteiger partial charge >= 0.3 is 0 Å². The fraction of sp³-hybridized carbons (Fsp3) is 0.304. The van der Waals surface area contributed by atoms with Crippen molar-refractivity contribution in [3.63, 3.8) is 0 Å². The van der Waals surface area contributed by atoms with Crippen molar-refractivity contribution in [2.75, 3.05) is 6.54 Å². The number of hydrogen-bond acceptors (Lipinski definition) is 4. The number of benzene rings is 2. The monoisotopic (exact) mass is 376 g/mol. The van der Waals surface area contributed by atoms with Gasteiger partial charge in [-0.2, -0.15) is 0 Å². The fourth-order valence-corrected chi connectivity index (χ4v) is 3.56. The lowest BCUT2D eigenvalue weighted by atomic mass is 9.99. The van der Waals surface area contributed by atoms with E-state index in [1.54, 1.807) is 0 Å². The van der Waals surface area contributed by atoms with Crippen LogP contribution in [0.5, 0.6) is 5.75 Å². The summed E-state index contributed by atoms with van der Waals surface area (Å²) in [6, 6.07) is 16.1. The van der Waals surface area contributed by atoms with E-state index in [-0.39, 0.29) is 5.91 Å². The first kappa shape index (κ1) is 18.3. The Balaban J connectivity index is 1.34. The summed E-state index contributed by atoms with van der Waals surface area (Å²) in [5, 5.41) is 3.94. The molecule has 28 heavy (non-hydrogen) atoms. The van der Waals surface area contributed by atoms with Crippen molar-refractivity contribution >= 4 is 5.91 Å². The van der Waals surface area contributed by atoms with E-state index in [1.165, 1.54) is 11.1 Å². The van der Waals surface area contributed by atoms with Crippen molar-refractivity contribution in [1.82, 2.24) is 10.1 Å². The second-order valence-corrected chi connectivity index (χ2v) is 7.25.